The summed E-state index contributed by atoms with van der Waals surface area (Å²) in [4.78, 5) is 19.7. The predicted molar refractivity (Wildman–Crippen MR) is 55.0 cm³/mol. The van der Waals surface area contributed by atoms with Crippen molar-refractivity contribution in [2.45, 2.75) is 19.3 Å². The average molecular weight is 203 g/mol. The third kappa shape index (κ3) is 1.84. The zero-order valence-electron chi connectivity index (χ0n) is 8.39. The maximum Gasteiger partial charge on any atom is 0.228 e. The van der Waals surface area contributed by atoms with Crippen LogP contribution >= 0.6 is 0 Å². The molecule has 2 saturated carbocycles. The minimum atomic E-state index is 0.118. The molecule has 0 aromatic carbocycles. The van der Waals surface area contributed by atoms with Crippen molar-refractivity contribution in [3.05, 3.63) is 18.6 Å². The van der Waals surface area contributed by atoms with E-state index in [9.17, 15) is 4.79 Å². The predicted octanol–water partition coefficient (Wildman–Crippen LogP) is 1.46. The molecule has 0 radical (unpaired) electrons. The van der Waals surface area contributed by atoms with Crippen LogP contribution in [0.15, 0.2) is 18.6 Å². The molecule has 1 N–H and O–H groups in total. The van der Waals surface area contributed by atoms with Crippen LogP contribution in [0.1, 0.15) is 19.3 Å². The van der Waals surface area contributed by atoms with E-state index in [4.69, 9.17) is 0 Å². The highest BCUT2D eigenvalue weighted by Gasteiger charge is 2.51. The van der Waals surface area contributed by atoms with Gasteiger partial charge >= 0.3 is 0 Å². The van der Waals surface area contributed by atoms with Gasteiger partial charge in [-0.2, -0.15) is 0 Å². The number of amides is 1. The van der Waals surface area contributed by atoms with E-state index in [-0.39, 0.29) is 11.8 Å². The second-order valence-corrected chi connectivity index (χ2v) is 4.42. The molecule has 2 fully saturated rings. The van der Waals surface area contributed by atoms with E-state index in [0.717, 1.165) is 12.3 Å². The highest BCUT2D eigenvalue weighted by atomic mass is 16.2. The first-order chi connectivity index (χ1) is 7.34. The van der Waals surface area contributed by atoms with Crippen LogP contribution in [0.4, 0.5) is 5.82 Å². The smallest absolute Gasteiger partial charge is 0.228 e. The van der Waals surface area contributed by atoms with E-state index in [2.05, 4.69) is 15.3 Å². The number of carbonyl (C=O) groups excluding carboxylic acids is 1. The Kier molecular flexibility index (Phi) is 1.94. The molecule has 0 spiro atoms. The molecule has 1 heterocycles. The first-order valence-electron chi connectivity index (χ1n) is 5.41. The van der Waals surface area contributed by atoms with Crippen molar-refractivity contribution in [2.24, 2.45) is 17.8 Å². The summed E-state index contributed by atoms with van der Waals surface area (Å²) in [5, 5.41) is 2.80. The Hall–Kier alpha value is -1.45. The lowest BCUT2D eigenvalue weighted by molar-refractivity contribution is -0.117. The number of anilines is 1. The van der Waals surface area contributed by atoms with Crippen LogP contribution in [-0.4, -0.2) is 15.9 Å². The first kappa shape index (κ1) is 8.83. The summed E-state index contributed by atoms with van der Waals surface area (Å²) >= 11 is 0. The number of hydrogen-bond acceptors (Lipinski definition) is 3. The maximum atomic E-state index is 11.7. The second-order valence-electron chi connectivity index (χ2n) is 4.42. The fraction of sp³-hybridized carbons (Fsp3) is 0.545. The highest BCUT2D eigenvalue weighted by molar-refractivity contribution is 5.93. The van der Waals surface area contributed by atoms with Gasteiger partial charge in [0.2, 0.25) is 5.91 Å². The van der Waals surface area contributed by atoms with Gasteiger partial charge in [0.15, 0.2) is 5.82 Å². The van der Waals surface area contributed by atoms with Crippen molar-refractivity contribution in [1.29, 1.82) is 0 Å². The molecule has 1 aromatic rings. The van der Waals surface area contributed by atoms with Gasteiger partial charge in [-0.3, -0.25) is 9.78 Å². The molecule has 1 amide bonds. The molecule has 0 aliphatic heterocycles. The van der Waals surface area contributed by atoms with Gasteiger partial charge in [0, 0.05) is 18.3 Å². The zero-order valence-corrected chi connectivity index (χ0v) is 8.39. The maximum absolute atomic E-state index is 11.7. The third-order valence-corrected chi connectivity index (χ3v) is 3.22. The Bertz CT molecular complexity index is 375. The van der Waals surface area contributed by atoms with Crippen LogP contribution in [0.25, 0.3) is 0 Å². The van der Waals surface area contributed by atoms with Crippen molar-refractivity contribution in [2.75, 3.05) is 5.32 Å². The lowest BCUT2D eigenvalue weighted by atomic mass is 10.2. The van der Waals surface area contributed by atoms with E-state index < -0.39 is 0 Å². The fourth-order valence-corrected chi connectivity index (χ4v) is 2.14. The van der Waals surface area contributed by atoms with Crippen molar-refractivity contribution >= 4 is 11.7 Å². The monoisotopic (exact) mass is 203 g/mol. The quantitative estimate of drug-likeness (QED) is 0.809. The van der Waals surface area contributed by atoms with Gasteiger partial charge in [-0.25, -0.2) is 4.98 Å². The highest BCUT2D eigenvalue weighted by Crippen LogP contribution is 2.54. The van der Waals surface area contributed by atoms with Gasteiger partial charge in [-0.15, -0.1) is 0 Å². The van der Waals surface area contributed by atoms with Gasteiger partial charge < -0.3 is 5.32 Å². The average Bonchev–Trinajstić information content (AvgIpc) is 3.11. The molecule has 3 rings (SSSR count). The lowest BCUT2D eigenvalue weighted by Crippen LogP contribution is -2.16. The standard InChI is InChI=1S/C11H13N3O/c15-11(9-5-8(9)7-1-2-7)14-10-6-12-3-4-13-10/h3-4,6-9H,1-2,5H2,(H,13,14,15). The number of nitrogens with one attached hydrogen (secondary N) is 1. The normalized spacial score (nSPS) is 28.5. The molecular weight excluding hydrogens is 190 g/mol. The fourth-order valence-electron chi connectivity index (χ4n) is 2.14. The minimum Gasteiger partial charge on any atom is -0.309 e. The summed E-state index contributed by atoms with van der Waals surface area (Å²) in [5.74, 6) is 2.40. The number of hydrogen-bond donors (Lipinski definition) is 1. The zero-order chi connectivity index (χ0) is 10.3. The molecule has 0 bridgehead atoms. The molecule has 2 aliphatic carbocycles. The lowest BCUT2D eigenvalue weighted by Gasteiger charge is -2.02. The first-order valence-corrected chi connectivity index (χ1v) is 5.41. The Morgan fingerprint density at radius 3 is 2.93 bits per heavy atom. The van der Waals surface area contributed by atoms with E-state index in [0.29, 0.717) is 11.7 Å². The molecule has 2 unspecified atom stereocenters. The van der Waals surface area contributed by atoms with Crippen LogP contribution in [0.2, 0.25) is 0 Å². The van der Waals surface area contributed by atoms with Crippen LogP contribution in [-0.2, 0) is 4.79 Å². The SMILES string of the molecule is O=C(Nc1cnccn1)C1CC1C1CC1. The second kappa shape index (κ2) is 3.29. The molecule has 2 atom stereocenters. The summed E-state index contributed by atoms with van der Waals surface area (Å²) in [6.07, 6.45) is 8.46. The summed E-state index contributed by atoms with van der Waals surface area (Å²) < 4.78 is 0. The third-order valence-electron chi connectivity index (χ3n) is 3.22. The van der Waals surface area contributed by atoms with Crippen molar-refractivity contribution in [3.63, 3.8) is 0 Å². The Morgan fingerprint density at radius 2 is 2.27 bits per heavy atom. The van der Waals surface area contributed by atoms with Crippen molar-refractivity contribution in [1.82, 2.24) is 9.97 Å². The molecular formula is C11H13N3O. The van der Waals surface area contributed by atoms with Gasteiger partial charge in [-0.05, 0) is 31.1 Å². The number of aromatic nitrogens is 2. The topological polar surface area (TPSA) is 54.9 Å². The number of nitrogens with zero attached hydrogens (tertiary/aromatic N) is 2. The molecule has 1 aromatic heterocycles. The minimum absolute atomic E-state index is 0.118. The number of rotatable bonds is 3. The van der Waals surface area contributed by atoms with Crippen LogP contribution < -0.4 is 5.32 Å². The summed E-state index contributed by atoms with van der Waals surface area (Å²) in [7, 11) is 0. The van der Waals surface area contributed by atoms with Crippen LogP contribution in [0, 0.1) is 17.8 Å². The summed E-state index contributed by atoms with van der Waals surface area (Å²) in [6, 6.07) is 0. The van der Waals surface area contributed by atoms with Gasteiger partial charge in [0.1, 0.15) is 0 Å². The number of carbonyl (C=O) groups is 1. The summed E-state index contributed by atoms with van der Waals surface area (Å²) in [6.45, 7) is 0. The summed E-state index contributed by atoms with van der Waals surface area (Å²) in [5.41, 5.74) is 0. The van der Waals surface area contributed by atoms with Crippen LogP contribution in [0.3, 0.4) is 0 Å². The van der Waals surface area contributed by atoms with Gasteiger partial charge in [0.25, 0.3) is 0 Å². The molecule has 0 saturated heterocycles. The largest absolute Gasteiger partial charge is 0.309 e. The van der Waals surface area contributed by atoms with Crippen LogP contribution in [0.5, 0.6) is 0 Å². The molecule has 2 aliphatic rings. The van der Waals surface area contributed by atoms with E-state index >= 15 is 0 Å². The Balaban J connectivity index is 1.58. The molecule has 4 heteroatoms. The van der Waals surface area contributed by atoms with Crippen molar-refractivity contribution < 1.29 is 4.79 Å². The van der Waals surface area contributed by atoms with E-state index in [1.54, 1.807) is 18.6 Å². The molecule has 15 heavy (non-hydrogen) atoms. The van der Waals surface area contributed by atoms with Crippen molar-refractivity contribution in [3.8, 4) is 0 Å². The van der Waals surface area contributed by atoms with E-state index in [1.165, 1.54) is 12.8 Å². The van der Waals surface area contributed by atoms with Gasteiger partial charge in [0.05, 0.1) is 6.20 Å². The van der Waals surface area contributed by atoms with E-state index in [1.807, 2.05) is 0 Å². The molecule has 4 nitrogen and oxygen atoms in total. The molecule has 78 valence electrons. The Morgan fingerprint density at radius 1 is 1.40 bits per heavy atom. The Labute approximate surface area is 88.1 Å². The van der Waals surface area contributed by atoms with Gasteiger partial charge in [-0.1, -0.05) is 0 Å².